The zero-order valence-electron chi connectivity index (χ0n) is 22.8. The first-order valence-corrected chi connectivity index (χ1v) is 13.4. The number of hydrogen-bond donors (Lipinski definition) is 0. The molecule has 2 aliphatic rings. The van der Waals surface area contributed by atoms with Crippen molar-refractivity contribution in [2.75, 3.05) is 7.11 Å². The van der Waals surface area contributed by atoms with E-state index in [-0.39, 0.29) is 36.5 Å². The summed E-state index contributed by atoms with van der Waals surface area (Å²) in [6.07, 6.45) is 3.47. The molecule has 0 N–H and O–H groups in total. The van der Waals surface area contributed by atoms with Crippen molar-refractivity contribution in [3.8, 4) is 17.1 Å². The second kappa shape index (κ2) is 9.99. The Bertz CT molecular complexity index is 1830. The van der Waals surface area contributed by atoms with Crippen molar-refractivity contribution >= 4 is 28.9 Å². The standard InChI is InChI=1S/C32H27FN2O6/c1-4-21-22-14-19(33)9-12-26(22)34-29-23(21)16-35-27(29)15-25-24(30(35)37)17-40-31(38)32(25,5-2)41-28(36)13-8-18-6-10-20(39-3)11-7-18/h6-15H,4-5,16-17H2,1-3H3/b13-8+/t32-/m0/s1. The van der Waals surface area contributed by atoms with Crippen molar-refractivity contribution in [1.82, 2.24) is 9.55 Å². The minimum atomic E-state index is -1.81. The Morgan fingerprint density at radius 2 is 1.90 bits per heavy atom. The second-order valence-electron chi connectivity index (χ2n) is 10.0. The van der Waals surface area contributed by atoms with Crippen LogP contribution in [0.4, 0.5) is 4.39 Å². The monoisotopic (exact) mass is 554 g/mol. The molecule has 1 atom stereocenters. The molecule has 41 heavy (non-hydrogen) atoms. The third-order valence-electron chi connectivity index (χ3n) is 7.89. The van der Waals surface area contributed by atoms with Gasteiger partial charge in [0.1, 0.15) is 18.2 Å². The Morgan fingerprint density at radius 1 is 1.12 bits per heavy atom. The Labute approximate surface area is 235 Å². The summed E-state index contributed by atoms with van der Waals surface area (Å²) in [5, 5.41) is 0.705. The van der Waals surface area contributed by atoms with Gasteiger partial charge in [0.15, 0.2) is 0 Å². The Kier molecular flexibility index (Phi) is 6.44. The number of rotatable bonds is 6. The summed E-state index contributed by atoms with van der Waals surface area (Å²) < 4.78 is 32.1. The molecule has 2 aromatic carbocycles. The molecule has 0 fully saturated rings. The number of halogens is 1. The lowest BCUT2D eigenvalue weighted by Gasteiger charge is -2.35. The van der Waals surface area contributed by atoms with E-state index >= 15 is 0 Å². The topological polar surface area (TPSA) is 96.7 Å². The molecule has 0 bridgehead atoms. The number of ether oxygens (including phenoxy) is 3. The fourth-order valence-corrected chi connectivity index (χ4v) is 5.78. The molecule has 6 rings (SSSR count). The molecule has 0 spiro atoms. The smallest absolute Gasteiger partial charge is 0.355 e. The van der Waals surface area contributed by atoms with Crippen LogP contribution in [0.15, 0.2) is 59.4 Å². The van der Waals surface area contributed by atoms with Gasteiger partial charge in [-0.3, -0.25) is 4.79 Å². The van der Waals surface area contributed by atoms with Gasteiger partial charge < -0.3 is 18.8 Å². The molecule has 9 heteroatoms. The number of esters is 2. The number of benzene rings is 2. The summed E-state index contributed by atoms with van der Waals surface area (Å²) in [5.41, 5.74) is 2.60. The largest absolute Gasteiger partial charge is 0.497 e. The number of pyridine rings is 2. The van der Waals surface area contributed by atoms with Crippen molar-refractivity contribution in [3.05, 3.63) is 98.6 Å². The normalized spacial score (nSPS) is 17.2. The number of fused-ring (bicyclic) bond motifs is 5. The highest BCUT2D eigenvalue weighted by Gasteiger charge is 2.50. The zero-order valence-corrected chi connectivity index (χ0v) is 22.8. The highest BCUT2D eigenvalue weighted by molar-refractivity contribution is 5.93. The maximum absolute atomic E-state index is 14.1. The van der Waals surface area contributed by atoms with E-state index in [1.54, 1.807) is 61.1 Å². The van der Waals surface area contributed by atoms with Crippen molar-refractivity contribution < 1.29 is 28.2 Å². The van der Waals surface area contributed by atoms with Crippen LogP contribution in [-0.2, 0) is 44.2 Å². The number of hydrogen-bond acceptors (Lipinski definition) is 7. The lowest BCUT2D eigenvalue weighted by atomic mass is 9.85. The molecular weight excluding hydrogens is 527 g/mol. The molecule has 0 radical (unpaired) electrons. The highest BCUT2D eigenvalue weighted by Crippen LogP contribution is 2.42. The van der Waals surface area contributed by atoms with Gasteiger partial charge in [-0.25, -0.2) is 19.0 Å². The maximum atomic E-state index is 14.1. The Balaban J connectivity index is 1.44. The molecule has 4 heterocycles. The van der Waals surface area contributed by atoms with Crippen LogP contribution in [0.2, 0.25) is 0 Å². The summed E-state index contributed by atoms with van der Waals surface area (Å²) in [7, 11) is 1.56. The van der Waals surface area contributed by atoms with Gasteiger partial charge in [0.2, 0.25) is 5.60 Å². The second-order valence-corrected chi connectivity index (χ2v) is 10.0. The summed E-state index contributed by atoms with van der Waals surface area (Å²) in [4.78, 5) is 44.9. The number of nitrogens with zero attached hydrogens (tertiary/aromatic N) is 2. The van der Waals surface area contributed by atoms with Crippen LogP contribution < -0.4 is 10.3 Å². The molecule has 4 aromatic rings. The maximum Gasteiger partial charge on any atom is 0.355 e. The molecule has 0 aliphatic carbocycles. The predicted octanol–water partition coefficient (Wildman–Crippen LogP) is 5.05. The van der Waals surface area contributed by atoms with E-state index in [4.69, 9.17) is 19.2 Å². The molecule has 2 aliphatic heterocycles. The van der Waals surface area contributed by atoms with Crippen LogP contribution in [0.3, 0.4) is 0 Å². The number of carbonyl (C=O) groups excluding carboxylic acids is 2. The summed E-state index contributed by atoms with van der Waals surface area (Å²) in [5.74, 6) is -1.17. The van der Waals surface area contributed by atoms with E-state index in [0.717, 1.165) is 16.7 Å². The lowest BCUT2D eigenvalue weighted by Crippen LogP contribution is -2.47. The van der Waals surface area contributed by atoms with E-state index < -0.39 is 17.5 Å². The van der Waals surface area contributed by atoms with Gasteiger partial charge in [-0.15, -0.1) is 0 Å². The number of carbonyl (C=O) groups is 2. The van der Waals surface area contributed by atoms with Crippen molar-refractivity contribution in [3.63, 3.8) is 0 Å². The van der Waals surface area contributed by atoms with Crippen LogP contribution in [0.25, 0.3) is 28.4 Å². The molecule has 0 unspecified atom stereocenters. The van der Waals surface area contributed by atoms with E-state index in [2.05, 4.69) is 0 Å². The molecule has 2 aromatic heterocycles. The quantitative estimate of drug-likeness (QED) is 0.214. The minimum Gasteiger partial charge on any atom is -0.497 e. The first kappa shape index (κ1) is 26.4. The van der Waals surface area contributed by atoms with Gasteiger partial charge >= 0.3 is 11.9 Å². The zero-order chi connectivity index (χ0) is 28.9. The molecule has 0 saturated heterocycles. The van der Waals surface area contributed by atoms with Gasteiger partial charge in [0.05, 0.1) is 36.1 Å². The number of aromatic nitrogens is 2. The molecular formula is C32H27FN2O6. The average molecular weight is 555 g/mol. The molecule has 0 saturated carbocycles. The van der Waals surface area contributed by atoms with Crippen LogP contribution in [-0.4, -0.2) is 28.6 Å². The lowest BCUT2D eigenvalue weighted by molar-refractivity contribution is -0.186. The van der Waals surface area contributed by atoms with Gasteiger partial charge in [0.25, 0.3) is 5.56 Å². The Hall–Kier alpha value is -4.79. The van der Waals surface area contributed by atoms with E-state index in [0.29, 0.717) is 40.0 Å². The number of cyclic esters (lactones) is 1. The van der Waals surface area contributed by atoms with E-state index in [1.165, 1.54) is 18.2 Å². The third-order valence-corrected chi connectivity index (χ3v) is 7.89. The summed E-state index contributed by atoms with van der Waals surface area (Å²) in [6.45, 7) is 3.71. The van der Waals surface area contributed by atoms with Gasteiger partial charge in [0, 0.05) is 22.6 Å². The number of aryl methyl sites for hydroxylation is 1. The van der Waals surface area contributed by atoms with Gasteiger partial charge in [-0.1, -0.05) is 26.0 Å². The first-order chi connectivity index (χ1) is 19.8. The fraction of sp³-hybridized carbons (Fsp3) is 0.250. The van der Waals surface area contributed by atoms with Crippen LogP contribution in [0.5, 0.6) is 5.75 Å². The average Bonchev–Trinajstić information content (AvgIpc) is 3.35. The van der Waals surface area contributed by atoms with Gasteiger partial charge in [-0.2, -0.15) is 0 Å². The molecule has 0 amide bonds. The molecule has 208 valence electrons. The van der Waals surface area contributed by atoms with Crippen LogP contribution in [0.1, 0.15) is 48.1 Å². The van der Waals surface area contributed by atoms with E-state index in [1.807, 2.05) is 6.92 Å². The van der Waals surface area contributed by atoms with Crippen molar-refractivity contribution in [2.24, 2.45) is 0 Å². The predicted molar refractivity (Wildman–Crippen MR) is 150 cm³/mol. The summed E-state index contributed by atoms with van der Waals surface area (Å²) >= 11 is 0. The van der Waals surface area contributed by atoms with E-state index in [9.17, 15) is 18.8 Å². The highest BCUT2D eigenvalue weighted by atomic mass is 19.1. The van der Waals surface area contributed by atoms with Crippen molar-refractivity contribution in [2.45, 2.75) is 45.4 Å². The first-order valence-electron chi connectivity index (χ1n) is 13.4. The fourth-order valence-electron chi connectivity index (χ4n) is 5.78. The number of methoxy groups -OCH3 is 1. The minimum absolute atomic E-state index is 0.0569. The Morgan fingerprint density at radius 3 is 2.61 bits per heavy atom. The van der Waals surface area contributed by atoms with Crippen molar-refractivity contribution in [1.29, 1.82) is 0 Å². The summed E-state index contributed by atoms with van der Waals surface area (Å²) in [6, 6.07) is 13.2. The SMILES string of the molecule is CCc1c2c(nc3ccc(F)cc13)-c1cc3c(c(=O)n1C2)COC(=O)[C@@]3(CC)OC(=O)/C=C/c1ccc(OC)cc1. The van der Waals surface area contributed by atoms with Crippen LogP contribution >= 0.6 is 0 Å². The molecule has 8 nitrogen and oxygen atoms in total. The third kappa shape index (κ3) is 4.20. The van der Waals surface area contributed by atoms with Crippen LogP contribution in [0, 0.1) is 5.82 Å². The van der Waals surface area contributed by atoms with Gasteiger partial charge in [-0.05, 0) is 66.4 Å².